The number of likely N-dealkylation sites (N-methyl/N-ethyl adjacent to an activating group) is 1. The smallest absolute Gasteiger partial charge is 0.314 e. The predicted octanol–water partition coefficient (Wildman–Crippen LogP) is 2.25. The Bertz CT molecular complexity index is 420. The van der Waals surface area contributed by atoms with Crippen molar-refractivity contribution >= 4 is 5.97 Å². The largest absolute Gasteiger partial charge is 0.469 e. The lowest BCUT2D eigenvalue weighted by Crippen LogP contribution is -2.35. The van der Waals surface area contributed by atoms with E-state index in [1.54, 1.807) is 0 Å². The van der Waals surface area contributed by atoms with Crippen molar-refractivity contribution in [2.45, 2.75) is 32.2 Å². The van der Waals surface area contributed by atoms with Crippen molar-refractivity contribution in [2.24, 2.45) is 11.7 Å². The second kappa shape index (κ2) is 8.80. The van der Waals surface area contributed by atoms with Crippen LogP contribution in [0.3, 0.4) is 0 Å². The Morgan fingerprint density at radius 3 is 2.43 bits per heavy atom. The molecule has 0 heterocycles. The summed E-state index contributed by atoms with van der Waals surface area (Å²) in [5.74, 6) is 0.0293. The van der Waals surface area contributed by atoms with Crippen molar-refractivity contribution in [3.05, 3.63) is 35.9 Å². The van der Waals surface area contributed by atoms with Gasteiger partial charge in [0, 0.05) is 12.6 Å². The van der Waals surface area contributed by atoms with Crippen molar-refractivity contribution < 1.29 is 9.53 Å². The molecule has 0 aromatic heterocycles. The molecule has 0 aliphatic rings. The molecular formula is C17H28N2O2. The van der Waals surface area contributed by atoms with E-state index in [2.05, 4.69) is 18.7 Å². The van der Waals surface area contributed by atoms with E-state index in [-0.39, 0.29) is 17.9 Å². The number of carbonyl (C=O) groups excluding carboxylic acids is 1. The molecule has 1 aromatic carbocycles. The van der Waals surface area contributed by atoms with Gasteiger partial charge in [-0.1, -0.05) is 44.2 Å². The van der Waals surface area contributed by atoms with Crippen molar-refractivity contribution in [1.29, 1.82) is 0 Å². The van der Waals surface area contributed by atoms with Gasteiger partial charge < -0.3 is 15.4 Å². The van der Waals surface area contributed by atoms with E-state index in [9.17, 15) is 4.79 Å². The van der Waals surface area contributed by atoms with Gasteiger partial charge in [-0.3, -0.25) is 4.79 Å². The number of benzene rings is 1. The highest BCUT2D eigenvalue weighted by atomic mass is 16.5. The number of methoxy groups -OCH3 is 1. The van der Waals surface area contributed by atoms with E-state index >= 15 is 0 Å². The van der Waals surface area contributed by atoms with Gasteiger partial charge in [0.2, 0.25) is 0 Å². The number of ether oxygens (including phenoxy) is 1. The minimum absolute atomic E-state index is 0.193. The van der Waals surface area contributed by atoms with Crippen LogP contribution in [0.4, 0.5) is 0 Å². The highest BCUT2D eigenvalue weighted by molar-refractivity contribution is 5.78. The number of esters is 1. The maximum absolute atomic E-state index is 12.0. The highest BCUT2D eigenvalue weighted by Crippen LogP contribution is 2.18. The number of hydrogen-bond acceptors (Lipinski definition) is 4. The molecule has 0 aliphatic carbocycles. The summed E-state index contributed by atoms with van der Waals surface area (Å²) in [6, 6.07) is 9.97. The Morgan fingerprint density at radius 2 is 1.90 bits per heavy atom. The third-order valence-electron chi connectivity index (χ3n) is 3.88. The average molecular weight is 292 g/mol. The molecule has 0 radical (unpaired) electrons. The maximum atomic E-state index is 12.0. The Labute approximate surface area is 128 Å². The zero-order chi connectivity index (χ0) is 15.8. The van der Waals surface area contributed by atoms with Crippen LogP contribution in [0, 0.1) is 5.92 Å². The van der Waals surface area contributed by atoms with Crippen LogP contribution in [0.25, 0.3) is 0 Å². The summed E-state index contributed by atoms with van der Waals surface area (Å²) in [7, 11) is 3.46. The second-order valence-electron chi connectivity index (χ2n) is 5.95. The molecule has 4 heteroatoms. The first-order chi connectivity index (χ1) is 9.95. The fraction of sp³-hybridized carbons (Fsp3) is 0.588. The van der Waals surface area contributed by atoms with E-state index < -0.39 is 0 Å². The first-order valence-electron chi connectivity index (χ1n) is 7.52. The van der Waals surface area contributed by atoms with E-state index in [1.807, 2.05) is 37.4 Å². The van der Waals surface area contributed by atoms with E-state index in [0.29, 0.717) is 12.5 Å². The molecule has 0 amide bonds. The third-order valence-corrected chi connectivity index (χ3v) is 3.88. The van der Waals surface area contributed by atoms with Crippen LogP contribution in [0.5, 0.6) is 0 Å². The first-order valence-corrected chi connectivity index (χ1v) is 7.52. The van der Waals surface area contributed by atoms with Gasteiger partial charge in [-0.2, -0.15) is 0 Å². The molecule has 2 atom stereocenters. The van der Waals surface area contributed by atoms with Crippen LogP contribution in [0.15, 0.2) is 30.3 Å². The van der Waals surface area contributed by atoms with Gasteiger partial charge in [-0.15, -0.1) is 0 Å². The standard InChI is InChI=1S/C17H28N2O2/c1-13(2)16(18)10-11-19(3)12-15(17(20)21-4)14-8-6-5-7-9-14/h5-9,13,15-16H,10-12,18H2,1-4H3. The molecule has 1 aromatic rings. The SMILES string of the molecule is COC(=O)C(CN(C)CCC(N)C(C)C)c1ccccc1. The van der Waals surface area contributed by atoms with Gasteiger partial charge in [0.15, 0.2) is 0 Å². The van der Waals surface area contributed by atoms with Crippen LogP contribution in [-0.2, 0) is 9.53 Å². The molecule has 0 saturated carbocycles. The van der Waals surface area contributed by atoms with Crippen molar-refractivity contribution in [3.63, 3.8) is 0 Å². The zero-order valence-corrected chi connectivity index (χ0v) is 13.6. The lowest BCUT2D eigenvalue weighted by Gasteiger charge is -2.25. The molecule has 0 spiro atoms. The topological polar surface area (TPSA) is 55.6 Å². The molecule has 0 bridgehead atoms. The molecule has 118 valence electrons. The minimum atomic E-state index is -0.253. The zero-order valence-electron chi connectivity index (χ0n) is 13.6. The fourth-order valence-electron chi connectivity index (χ4n) is 2.25. The second-order valence-corrected chi connectivity index (χ2v) is 5.95. The van der Waals surface area contributed by atoms with Gasteiger partial charge in [-0.05, 0) is 31.5 Å². The van der Waals surface area contributed by atoms with Gasteiger partial charge in [-0.25, -0.2) is 0 Å². The minimum Gasteiger partial charge on any atom is -0.469 e. The summed E-state index contributed by atoms with van der Waals surface area (Å²) in [6.07, 6.45) is 0.927. The van der Waals surface area contributed by atoms with Crippen molar-refractivity contribution in [2.75, 3.05) is 27.2 Å². The van der Waals surface area contributed by atoms with E-state index in [4.69, 9.17) is 10.5 Å². The molecule has 2 N–H and O–H groups in total. The van der Waals surface area contributed by atoms with Gasteiger partial charge in [0.05, 0.1) is 13.0 Å². The van der Waals surface area contributed by atoms with E-state index in [1.165, 1.54) is 7.11 Å². The Hall–Kier alpha value is -1.39. The Balaban J connectivity index is 2.63. The predicted molar refractivity (Wildman–Crippen MR) is 86.1 cm³/mol. The Morgan fingerprint density at radius 1 is 1.29 bits per heavy atom. The summed E-state index contributed by atoms with van der Waals surface area (Å²) < 4.78 is 4.94. The molecule has 0 aliphatic heterocycles. The lowest BCUT2D eigenvalue weighted by molar-refractivity contribution is -0.142. The third kappa shape index (κ3) is 5.86. The summed E-state index contributed by atoms with van der Waals surface area (Å²) in [6.45, 7) is 5.78. The van der Waals surface area contributed by atoms with Crippen LogP contribution in [0.1, 0.15) is 31.7 Å². The summed E-state index contributed by atoms with van der Waals surface area (Å²) in [4.78, 5) is 14.2. The normalized spacial score (nSPS) is 14.2. The number of rotatable bonds is 8. The van der Waals surface area contributed by atoms with Crippen molar-refractivity contribution in [3.8, 4) is 0 Å². The van der Waals surface area contributed by atoms with Crippen LogP contribution in [0.2, 0.25) is 0 Å². The van der Waals surface area contributed by atoms with Gasteiger partial charge in [0.1, 0.15) is 0 Å². The highest BCUT2D eigenvalue weighted by Gasteiger charge is 2.23. The molecule has 21 heavy (non-hydrogen) atoms. The van der Waals surface area contributed by atoms with Crippen LogP contribution < -0.4 is 5.73 Å². The molecule has 0 fully saturated rings. The van der Waals surface area contributed by atoms with Gasteiger partial charge >= 0.3 is 5.97 Å². The molecular weight excluding hydrogens is 264 g/mol. The average Bonchev–Trinajstić information content (AvgIpc) is 2.50. The quantitative estimate of drug-likeness (QED) is 0.747. The number of nitrogens with two attached hydrogens (primary N) is 1. The molecule has 0 saturated heterocycles. The van der Waals surface area contributed by atoms with Gasteiger partial charge in [0.25, 0.3) is 0 Å². The summed E-state index contributed by atoms with van der Waals surface area (Å²) >= 11 is 0. The molecule has 2 unspecified atom stereocenters. The van der Waals surface area contributed by atoms with Crippen molar-refractivity contribution in [1.82, 2.24) is 4.90 Å². The van der Waals surface area contributed by atoms with E-state index in [0.717, 1.165) is 18.5 Å². The monoisotopic (exact) mass is 292 g/mol. The number of hydrogen-bond donors (Lipinski definition) is 1. The molecule has 4 nitrogen and oxygen atoms in total. The first kappa shape index (κ1) is 17.7. The Kier molecular flexibility index (Phi) is 7.40. The van der Waals surface area contributed by atoms with Crippen LogP contribution in [-0.4, -0.2) is 44.2 Å². The summed E-state index contributed by atoms with van der Waals surface area (Å²) in [5, 5.41) is 0. The van der Waals surface area contributed by atoms with Crippen LogP contribution >= 0.6 is 0 Å². The fourth-order valence-corrected chi connectivity index (χ4v) is 2.25. The number of nitrogens with zero attached hydrogens (tertiary/aromatic N) is 1. The summed E-state index contributed by atoms with van der Waals surface area (Å²) in [5.41, 5.74) is 7.06. The molecule has 1 rings (SSSR count). The maximum Gasteiger partial charge on any atom is 0.314 e. The number of carbonyl (C=O) groups is 1. The lowest BCUT2D eigenvalue weighted by atomic mass is 9.98.